The van der Waals surface area contributed by atoms with E-state index in [9.17, 15) is 10.1 Å². The number of amides is 1. The molecule has 1 aliphatic heterocycles. The lowest BCUT2D eigenvalue weighted by Gasteiger charge is -2.36. The van der Waals surface area contributed by atoms with Gasteiger partial charge in [-0.25, -0.2) is 4.98 Å². The zero-order valence-electron chi connectivity index (χ0n) is 19.5. The Morgan fingerprint density at radius 3 is 2.53 bits per heavy atom. The predicted molar refractivity (Wildman–Crippen MR) is 127 cm³/mol. The van der Waals surface area contributed by atoms with E-state index < -0.39 is 0 Å². The van der Waals surface area contributed by atoms with Gasteiger partial charge in [0.1, 0.15) is 17.4 Å². The summed E-state index contributed by atoms with van der Waals surface area (Å²) in [7, 11) is 4.84. The summed E-state index contributed by atoms with van der Waals surface area (Å²) in [5, 5.41) is 16.4. The fourth-order valence-corrected chi connectivity index (χ4v) is 3.93. The van der Waals surface area contributed by atoms with E-state index in [1.807, 2.05) is 12.1 Å². The fourth-order valence-electron chi connectivity index (χ4n) is 3.93. The third-order valence-corrected chi connectivity index (χ3v) is 5.71. The van der Waals surface area contributed by atoms with Gasteiger partial charge in [0.25, 0.3) is 5.91 Å². The molecular formula is C24H27N7O3. The van der Waals surface area contributed by atoms with E-state index in [1.165, 1.54) is 23.6 Å². The number of nitriles is 1. The minimum absolute atomic E-state index is 0.234. The van der Waals surface area contributed by atoms with Crippen molar-refractivity contribution in [3.8, 4) is 17.7 Å². The number of anilines is 2. The van der Waals surface area contributed by atoms with E-state index in [0.717, 1.165) is 38.5 Å². The molecule has 3 heterocycles. The smallest absolute Gasteiger partial charge is 0.262 e. The molecular weight excluding hydrogens is 434 g/mol. The van der Waals surface area contributed by atoms with Crippen molar-refractivity contribution in [1.82, 2.24) is 19.7 Å². The van der Waals surface area contributed by atoms with Crippen LogP contribution in [0.4, 0.5) is 11.5 Å². The molecule has 10 nitrogen and oxygen atoms in total. The van der Waals surface area contributed by atoms with Gasteiger partial charge in [-0.2, -0.15) is 5.26 Å². The second kappa shape index (κ2) is 10.2. The highest BCUT2D eigenvalue weighted by atomic mass is 16.5. The molecule has 4 rings (SSSR count). The molecule has 0 aliphatic carbocycles. The minimum Gasteiger partial charge on any atom is -0.497 e. The molecule has 0 unspecified atom stereocenters. The van der Waals surface area contributed by atoms with Gasteiger partial charge in [0, 0.05) is 52.2 Å². The average molecular weight is 462 g/mol. The maximum Gasteiger partial charge on any atom is 0.262 e. The number of nitrogens with zero attached hydrogens (tertiary/aromatic N) is 6. The lowest BCUT2D eigenvalue weighted by Crippen LogP contribution is -2.46. The largest absolute Gasteiger partial charge is 0.497 e. The van der Waals surface area contributed by atoms with Gasteiger partial charge in [0.2, 0.25) is 5.88 Å². The molecule has 0 saturated carbocycles. The van der Waals surface area contributed by atoms with Crippen molar-refractivity contribution in [2.45, 2.75) is 6.54 Å². The van der Waals surface area contributed by atoms with Gasteiger partial charge in [-0.1, -0.05) is 12.1 Å². The number of carbonyl (C=O) groups is 1. The van der Waals surface area contributed by atoms with Crippen LogP contribution in [0.2, 0.25) is 0 Å². The van der Waals surface area contributed by atoms with Crippen LogP contribution in [0.3, 0.4) is 0 Å². The topological polar surface area (TPSA) is 109 Å². The highest BCUT2D eigenvalue weighted by molar-refractivity contribution is 6.07. The fraction of sp³-hybridized carbons (Fsp3) is 0.333. The van der Waals surface area contributed by atoms with E-state index in [4.69, 9.17) is 9.47 Å². The first-order valence-electron chi connectivity index (χ1n) is 10.9. The number of ether oxygens (including phenoxy) is 2. The van der Waals surface area contributed by atoms with E-state index in [2.05, 4.69) is 43.4 Å². The molecule has 1 aliphatic rings. The molecule has 1 N–H and O–H groups in total. The zero-order valence-corrected chi connectivity index (χ0v) is 19.5. The number of piperazine rings is 1. The van der Waals surface area contributed by atoms with Crippen molar-refractivity contribution in [3.05, 3.63) is 59.4 Å². The number of carbonyl (C=O) groups excluding carboxylic acids is 1. The molecule has 1 saturated heterocycles. The third kappa shape index (κ3) is 5.10. The Morgan fingerprint density at radius 1 is 1.15 bits per heavy atom. The number of aromatic nitrogens is 3. The Bertz CT molecular complexity index is 1190. The first-order chi connectivity index (χ1) is 16.5. The maximum atomic E-state index is 13.0. The van der Waals surface area contributed by atoms with Gasteiger partial charge < -0.3 is 19.7 Å². The Kier molecular flexibility index (Phi) is 6.94. The number of rotatable bonds is 7. The highest BCUT2D eigenvalue weighted by Crippen LogP contribution is 2.27. The molecule has 0 spiro atoms. The Labute approximate surface area is 198 Å². The lowest BCUT2D eigenvalue weighted by molar-refractivity contribution is 0.102. The number of pyridine rings is 1. The summed E-state index contributed by atoms with van der Waals surface area (Å²) in [5.41, 5.74) is 2.39. The summed E-state index contributed by atoms with van der Waals surface area (Å²) in [5.74, 6) is 1.34. The molecule has 10 heteroatoms. The van der Waals surface area contributed by atoms with Crippen LogP contribution in [0.25, 0.3) is 0 Å². The molecule has 0 radical (unpaired) electrons. The van der Waals surface area contributed by atoms with E-state index in [1.54, 1.807) is 26.4 Å². The van der Waals surface area contributed by atoms with Crippen LogP contribution < -0.4 is 19.7 Å². The Morgan fingerprint density at radius 2 is 1.88 bits per heavy atom. The van der Waals surface area contributed by atoms with Crippen LogP contribution in [0.5, 0.6) is 11.6 Å². The van der Waals surface area contributed by atoms with Gasteiger partial charge in [-0.3, -0.25) is 14.4 Å². The first kappa shape index (κ1) is 23.1. The number of nitrogens with one attached hydrogen (secondary N) is 1. The van der Waals surface area contributed by atoms with E-state index in [0.29, 0.717) is 22.6 Å². The number of methoxy groups -OCH3 is 2. The number of aryl methyl sites for hydroxylation is 1. The van der Waals surface area contributed by atoms with Crippen LogP contribution in [0, 0.1) is 11.3 Å². The summed E-state index contributed by atoms with van der Waals surface area (Å²) < 4.78 is 12.0. The molecule has 1 fully saturated rings. The highest BCUT2D eigenvalue weighted by Gasteiger charge is 2.23. The van der Waals surface area contributed by atoms with Gasteiger partial charge in [0.15, 0.2) is 5.82 Å². The lowest BCUT2D eigenvalue weighted by atomic mass is 10.2. The van der Waals surface area contributed by atoms with Crippen LogP contribution in [-0.2, 0) is 13.6 Å². The van der Waals surface area contributed by atoms with Crippen molar-refractivity contribution in [1.29, 1.82) is 5.26 Å². The molecule has 1 aromatic carbocycles. The molecule has 3 aromatic rings. The zero-order chi connectivity index (χ0) is 24.1. The monoisotopic (exact) mass is 461 g/mol. The van der Waals surface area contributed by atoms with Crippen molar-refractivity contribution in [2.75, 3.05) is 50.6 Å². The van der Waals surface area contributed by atoms with Crippen LogP contribution in [-0.4, -0.2) is 66.0 Å². The summed E-state index contributed by atoms with van der Waals surface area (Å²) in [6, 6.07) is 11.8. The van der Waals surface area contributed by atoms with Gasteiger partial charge >= 0.3 is 0 Å². The Balaban J connectivity index is 1.46. The van der Waals surface area contributed by atoms with Crippen molar-refractivity contribution < 1.29 is 14.3 Å². The second-order valence-electron chi connectivity index (χ2n) is 8.00. The average Bonchev–Trinajstić information content (AvgIpc) is 3.26. The summed E-state index contributed by atoms with van der Waals surface area (Å²) >= 11 is 0. The van der Waals surface area contributed by atoms with Gasteiger partial charge in [0.05, 0.1) is 25.5 Å². The summed E-state index contributed by atoms with van der Waals surface area (Å²) in [4.78, 5) is 22.0. The van der Waals surface area contributed by atoms with Crippen LogP contribution in [0.1, 0.15) is 21.5 Å². The van der Waals surface area contributed by atoms with Crippen molar-refractivity contribution >= 4 is 17.4 Å². The first-order valence-corrected chi connectivity index (χ1v) is 10.9. The van der Waals surface area contributed by atoms with Gasteiger partial charge in [-0.05, 0) is 23.8 Å². The van der Waals surface area contributed by atoms with Crippen LogP contribution in [0.15, 0.2) is 42.7 Å². The minimum atomic E-state index is -0.374. The summed E-state index contributed by atoms with van der Waals surface area (Å²) in [6.07, 6.45) is 3.12. The van der Waals surface area contributed by atoms with E-state index >= 15 is 0 Å². The second-order valence-corrected chi connectivity index (χ2v) is 8.00. The maximum absolute atomic E-state index is 13.0. The Hall–Kier alpha value is -4.10. The molecule has 2 aromatic heterocycles. The summed E-state index contributed by atoms with van der Waals surface area (Å²) in [6.45, 7) is 4.03. The van der Waals surface area contributed by atoms with Gasteiger partial charge in [-0.15, -0.1) is 5.10 Å². The SMILES string of the molecule is COc1ccc(CN2CCN(c3ncc(C#N)cc3NC(=O)c3cn(C)nc3OC)CC2)cc1. The third-order valence-electron chi connectivity index (χ3n) is 5.71. The standard InChI is InChI=1S/C24H27N7O3/c1-29-16-20(24(28-29)34-3)23(32)27-21-12-18(13-25)14-26-22(21)31-10-8-30(9-11-31)15-17-4-6-19(33-2)7-5-17/h4-7,12,14,16H,8-11,15H2,1-3H3,(H,27,32). The molecule has 1 amide bonds. The number of benzene rings is 1. The normalized spacial score (nSPS) is 13.9. The number of hydrogen-bond acceptors (Lipinski definition) is 8. The molecule has 176 valence electrons. The van der Waals surface area contributed by atoms with E-state index in [-0.39, 0.29) is 11.8 Å². The quantitative estimate of drug-likeness (QED) is 0.571. The van der Waals surface area contributed by atoms with Crippen molar-refractivity contribution in [3.63, 3.8) is 0 Å². The molecule has 34 heavy (non-hydrogen) atoms. The number of hydrogen-bond donors (Lipinski definition) is 1. The molecule has 0 atom stereocenters. The molecule has 0 bridgehead atoms. The predicted octanol–water partition coefficient (Wildman–Crippen LogP) is 2.28. The van der Waals surface area contributed by atoms with Crippen molar-refractivity contribution in [2.24, 2.45) is 7.05 Å². The van der Waals surface area contributed by atoms with Crippen LogP contribution >= 0.6 is 0 Å².